The van der Waals surface area contributed by atoms with Crippen LogP contribution in [0.3, 0.4) is 0 Å². The largest absolute Gasteiger partial charge is 0.490 e. The average Bonchev–Trinajstić information content (AvgIpc) is 2.39. The van der Waals surface area contributed by atoms with Crippen LogP contribution in [-0.2, 0) is 9.53 Å². The molecule has 1 aromatic carbocycles. The lowest BCUT2D eigenvalue weighted by Gasteiger charge is -2.26. The molecular weight excluding hydrogens is 258 g/mol. The van der Waals surface area contributed by atoms with E-state index in [1.165, 1.54) is 7.11 Å². The Hall–Kier alpha value is -1.75. The third kappa shape index (κ3) is 4.42. The van der Waals surface area contributed by atoms with Gasteiger partial charge < -0.3 is 19.9 Å². The Morgan fingerprint density at radius 1 is 1.35 bits per heavy atom. The monoisotopic (exact) mass is 281 g/mol. The van der Waals surface area contributed by atoms with Gasteiger partial charge >= 0.3 is 5.97 Å². The maximum atomic E-state index is 11.6. The first-order chi connectivity index (χ1) is 9.40. The van der Waals surface area contributed by atoms with E-state index in [1.807, 2.05) is 38.1 Å². The summed E-state index contributed by atoms with van der Waals surface area (Å²) >= 11 is 0. The summed E-state index contributed by atoms with van der Waals surface area (Å²) in [5.74, 6) is 0.868. The van der Waals surface area contributed by atoms with Gasteiger partial charge in [0, 0.05) is 6.42 Å². The summed E-state index contributed by atoms with van der Waals surface area (Å²) in [6.07, 6.45) is 0.103. The highest BCUT2D eigenvalue weighted by Crippen LogP contribution is 2.28. The molecule has 2 atom stereocenters. The van der Waals surface area contributed by atoms with Crippen molar-refractivity contribution >= 4 is 5.97 Å². The van der Waals surface area contributed by atoms with Crippen LogP contribution in [0.25, 0.3) is 0 Å². The molecule has 0 aliphatic heterocycles. The van der Waals surface area contributed by atoms with Gasteiger partial charge in [-0.25, -0.2) is 0 Å². The zero-order valence-electron chi connectivity index (χ0n) is 12.5. The number of methoxy groups -OCH3 is 1. The lowest BCUT2D eigenvalue weighted by Crippen LogP contribution is -2.48. The summed E-state index contributed by atoms with van der Waals surface area (Å²) in [5, 5.41) is 0. The van der Waals surface area contributed by atoms with Gasteiger partial charge in [-0.2, -0.15) is 0 Å². The number of nitrogens with two attached hydrogens (primary N) is 1. The number of ether oxygens (including phenoxy) is 3. The van der Waals surface area contributed by atoms with Crippen molar-refractivity contribution in [2.45, 2.75) is 38.8 Å². The molecule has 1 rings (SSSR count). The number of para-hydroxylation sites is 2. The van der Waals surface area contributed by atoms with Crippen LogP contribution < -0.4 is 15.2 Å². The topological polar surface area (TPSA) is 70.8 Å². The molecule has 0 aliphatic rings. The van der Waals surface area contributed by atoms with Crippen molar-refractivity contribution in [1.29, 1.82) is 0 Å². The number of hydrogen-bond acceptors (Lipinski definition) is 5. The Balaban J connectivity index is 2.71. The van der Waals surface area contributed by atoms with Gasteiger partial charge in [0.1, 0.15) is 5.54 Å². The van der Waals surface area contributed by atoms with Crippen molar-refractivity contribution in [3.63, 3.8) is 0 Å². The third-order valence-electron chi connectivity index (χ3n) is 2.84. The summed E-state index contributed by atoms with van der Waals surface area (Å²) < 4.78 is 16.0. The van der Waals surface area contributed by atoms with Gasteiger partial charge in [-0.05, 0) is 32.9 Å². The first kappa shape index (κ1) is 16.3. The van der Waals surface area contributed by atoms with Gasteiger partial charge in [-0.1, -0.05) is 12.1 Å². The zero-order valence-corrected chi connectivity index (χ0v) is 12.5. The molecule has 112 valence electrons. The number of benzene rings is 1. The van der Waals surface area contributed by atoms with Crippen molar-refractivity contribution in [2.24, 2.45) is 5.73 Å². The SMILES string of the molecule is CCOc1ccccc1OC(C)CC(C)(N)C(=O)OC. The molecule has 0 aliphatic carbocycles. The summed E-state index contributed by atoms with van der Waals surface area (Å²) in [4.78, 5) is 11.6. The van der Waals surface area contributed by atoms with E-state index < -0.39 is 11.5 Å². The fourth-order valence-corrected chi connectivity index (χ4v) is 1.99. The zero-order chi connectivity index (χ0) is 15.2. The summed E-state index contributed by atoms with van der Waals surface area (Å²) in [7, 11) is 1.32. The van der Waals surface area contributed by atoms with Crippen LogP contribution in [0.5, 0.6) is 11.5 Å². The molecule has 0 bridgehead atoms. The van der Waals surface area contributed by atoms with E-state index in [0.29, 0.717) is 24.5 Å². The Morgan fingerprint density at radius 3 is 2.50 bits per heavy atom. The molecular formula is C15H23NO4. The first-order valence-electron chi connectivity index (χ1n) is 6.66. The van der Waals surface area contributed by atoms with Crippen LogP contribution in [-0.4, -0.2) is 31.3 Å². The predicted molar refractivity (Wildman–Crippen MR) is 76.9 cm³/mol. The Morgan fingerprint density at radius 2 is 1.95 bits per heavy atom. The molecule has 0 fully saturated rings. The lowest BCUT2D eigenvalue weighted by atomic mass is 9.96. The summed E-state index contributed by atoms with van der Waals surface area (Å²) in [6, 6.07) is 7.41. The molecule has 1 aromatic rings. The van der Waals surface area contributed by atoms with Crippen LogP contribution in [0.2, 0.25) is 0 Å². The second kappa shape index (κ2) is 7.14. The third-order valence-corrected chi connectivity index (χ3v) is 2.84. The van der Waals surface area contributed by atoms with Crippen molar-refractivity contribution in [2.75, 3.05) is 13.7 Å². The van der Waals surface area contributed by atoms with E-state index in [9.17, 15) is 4.79 Å². The Kier molecular flexibility index (Phi) is 5.82. The fraction of sp³-hybridized carbons (Fsp3) is 0.533. The molecule has 0 spiro atoms. The van der Waals surface area contributed by atoms with Gasteiger partial charge in [0.05, 0.1) is 19.8 Å². The van der Waals surface area contributed by atoms with Gasteiger partial charge in [-0.15, -0.1) is 0 Å². The molecule has 2 unspecified atom stereocenters. The standard InChI is InChI=1S/C15H23NO4/c1-5-19-12-8-6-7-9-13(12)20-11(2)10-15(3,16)14(17)18-4/h6-9,11H,5,10,16H2,1-4H3. The van der Waals surface area contributed by atoms with E-state index in [-0.39, 0.29) is 6.10 Å². The molecule has 0 amide bonds. The quantitative estimate of drug-likeness (QED) is 0.775. The van der Waals surface area contributed by atoms with Crippen molar-refractivity contribution in [3.8, 4) is 11.5 Å². The molecule has 2 N–H and O–H groups in total. The number of carbonyl (C=O) groups excluding carboxylic acids is 1. The number of esters is 1. The van der Waals surface area contributed by atoms with Crippen LogP contribution in [0.1, 0.15) is 27.2 Å². The smallest absolute Gasteiger partial charge is 0.325 e. The maximum absolute atomic E-state index is 11.6. The molecule has 5 nitrogen and oxygen atoms in total. The number of rotatable bonds is 7. The predicted octanol–water partition coefficient (Wildman–Crippen LogP) is 2.13. The van der Waals surface area contributed by atoms with Crippen molar-refractivity contribution in [3.05, 3.63) is 24.3 Å². The van der Waals surface area contributed by atoms with Gasteiger partial charge in [0.25, 0.3) is 0 Å². The molecule has 20 heavy (non-hydrogen) atoms. The molecule has 0 radical (unpaired) electrons. The molecule has 0 saturated carbocycles. The molecule has 0 saturated heterocycles. The van der Waals surface area contributed by atoms with E-state index in [2.05, 4.69) is 4.74 Å². The highest BCUT2D eigenvalue weighted by atomic mass is 16.5. The summed E-state index contributed by atoms with van der Waals surface area (Å²) in [5.41, 5.74) is 4.86. The number of carbonyl (C=O) groups is 1. The number of hydrogen-bond donors (Lipinski definition) is 1. The Labute approximate surface area is 120 Å². The minimum atomic E-state index is -1.07. The second-order valence-electron chi connectivity index (χ2n) is 4.92. The molecule has 0 aromatic heterocycles. The van der Waals surface area contributed by atoms with Crippen molar-refractivity contribution in [1.82, 2.24) is 0 Å². The van der Waals surface area contributed by atoms with E-state index >= 15 is 0 Å². The van der Waals surface area contributed by atoms with E-state index in [1.54, 1.807) is 6.92 Å². The molecule has 0 heterocycles. The fourth-order valence-electron chi connectivity index (χ4n) is 1.99. The highest BCUT2D eigenvalue weighted by molar-refractivity contribution is 5.79. The second-order valence-corrected chi connectivity index (χ2v) is 4.92. The Bertz CT molecular complexity index is 445. The van der Waals surface area contributed by atoms with Gasteiger partial charge in [0.2, 0.25) is 0 Å². The van der Waals surface area contributed by atoms with Crippen molar-refractivity contribution < 1.29 is 19.0 Å². The van der Waals surface area contributed by atoms with Crippen LogP contribution >= 0.6 is 0 Å². The van der Waals surface area contributed by atoms with Crippen LogP contribution in [0, 0.1) is 0 Å². The summed E-state index contributed by atoms with van der Waals surface area (Å²) in [6.45, 7) is 5.96. The minimum absolute atomic E-state index is 0.245. The van der Waals surface area contributed by atoms with Gasteiger partial charge in [-0.3, -0.25) is 4.79 Å². The van der Waals surface area contributed by atoms with Crippen LogP contribution in [0.4, 0.5) is 0 Å². The maximum Gasteiger partial charge on any atom is 0.325 e. The van der Waals surface area contributed by atoms with E-state index in [4.69, 9.17) is 15.2 Å². The minimum Gasteiger partial charge on any atom is -0.490 e. The van der Waals surface area contributed by atoms with Crippen LogP contribution in [0.15, 0.2) is 24.3 Å². The van der Waals surface area contributed by atoms with E-state index in [0.717, 1.165) is 0 Å². The van der Waals surface area contributed by atoms with Gasteiger partial charge in [0.15, 0.2) is 11.5 Å². The first-order valence-corrected chi connectivity index (χ1v) is 6.66. The lowest BCUT2D eigenvalue weighted by molar-refractivity contribution is -0.147. The molecule has 5 heteroatoms. The normalized spacial score (nSPS) is 15.1. The average molecular weight is 281 g/mol. The highest BCUT2D eigenvalue weighted by Gasteiger charge is 2.32.